The molecule has 0 unspecified atom stereocenters. The number of nitrogens with zero attached hydrogens (tertiary/aromatic N) is 2. The molecule has 2 amide bonds. The standard InChI is InChI=1S/C23H19N3O3/c1-2-13-29-18-11-9-16(10-12-18)14-24-25-21(27)15-26-20-8-4-6-17-5-3-7-19(22(17)20)23(26)28/h2-12,14H,1,13,15H2,(H,25,27)/b24-14+. The second kappa shape index (κ2) is 7.98. The Balaban J connectivity index is 1.39. The number of rotatable bonds is 7. The lowest BCUT2D eigenvalue weighted by Crippen LogP contribution is -2.37. The molecule has 6 nitrogen and oxygen atoms in total. The lowest BCUT2D eigenvalue weighted by atomic mass is 10.1. The summed E-state index contributed by atoms with van der Waals surface area (Å²) in [6.45, 7) is 3.95. The number of nitrogens with one attached hydrogen (secondary N) is 1. The van der Waals surface area contributed by atoms with Gasteiger partial charge >= 0.3 is 0 Å². The third kappa shape index (κ3) is 3.73. The Hall–Kier alpha value is -3.93. The zero-order valence-electron chi connectivity index (χ0n) is 15.7. The number of hydrazone groups is 1. The normalized spacial score (nSPS) is 12.6. The van der Waals surface area contributed by atoms with Crippen molar-refractivity contribution in [3.05, 3.63) is 84.4 Å². The van der Waals surface area contributed by atoms with Crippen LogP contribution in [0.15, 0.2) is 78.4 Å². The first-order chi connectivity index (χ1) is 14.2. The van der Waals surface area contributed by atoms with Crippen molar-refractivity contribution in [1.82, 2.24) is 5.43 Å². The van der Waals surface area contributed by atoms with E-state index in [0.29, 0.717) is 12.2 Å². The number of carbonyl (C=O) groups excluding carboxylic acids is 2. The van der Waals surface area contributed by atoms with Gasteiger partial charge in [-0.15, -0.1) is 0 Å². The summed E-state index contributed by atoms with van der Waals surface area (Å²) in [6.07, 6.45) is 3.21. The maximum atomic E-state index is 12.7. The van der Waals surface area contributed by atoms with Crippen molar-refractivity contribution in [2.24, 2.45) is 5.10 Å². The molecule has 0 spiro atoms. The highest BCUT2D eigenvalue weighted by molar-refractivity contribution is 6.26. The first kappa shape index (κ1) is 18.4. The molecule has 0 saturated heterocycles. The third-order valence-corrected chi connectivity index (χ3v) is 4.60. The largest absolute Gasteiger partial charge is 0.490 e. The molecule has 3 aromatic rings. The first-order valence-electron chi connectivity index (χ1n) is 9.16. The van der Waals surface area contributed by atoms with E-state index in [1.807, 2.05) is 54.6 Å². The molecular formula is C23H19N3O3. The Bertz CT molecular complexity index is 1110. The van der Waals surface area contributed by atoms with Crippen molar-refractivity contribution in [3.8, 4) is 5.75 Å². The van der Waals surface area contributed by atoms with Crippen LogP contribution >= 0.6 is 0 Å². The van der Waals surface area contributed by atoms with Crippen LogP contribution in [0.3, 0.4) is 0 Å². The van der Waals surface area contributed by atoms with Gasteiger partial charge in [0.15, 0.2) is 0 Å². The van der Waals surface area contributed by atoms with E-state index in [-0.39, 0.29) is 18.4 Å². The van der Waals surface area contributed by atoms with Crippen LogP contribution in [0.4, 0.5) is 5.69 Å². The highest BCUT2D eigenvalue weighted by atomic mass is 16.5. The van der Waals surface area contributed by atoms with Crippen molar-refractivity contribution < 1.29 is 14.3 Å². The van der Waals surface area contributed by atoms with E-state index in [0.717, 1.165) is 27.8 Å². The SMILES string of the molecule is C=CCOc1ccc(/C=N/NC(=O)CN2C(=O)c3cccc4cccc2c34)cc1. The second-order valence-corrected chi connectivity index (χ2v) is 6.53. The zero-order valence-corrected chi connectivity index (χ0v) is 15.7. The van der Waals surface area contributed by atoms with Gasteiger partial charge in [0, 0.05) is 10.9 Å². The number of benzene rings is 3. The smallest absolute Gasteiger partial charge is 0.260 e. The van der Waals surface area contributed by atoms with Gasteiger partial charge in [0.1, 0.15) is 18.9 Å². The Morgan fingerprint density at radius 1 is 1.10 bits per heavy atom. The molecule has 0 fully saturated rings. The summed E-state index contributed by atoms with van der Waals surface area (Å²) in [6, 6.07) is 18.6. The highest BCUT2D eigenvalue weighted by Gasteiger charge is 2.30. The van der Waals surface area contributed by atoms with Crippen LogP contribution < -0.4 is 15.1 Å². The van der Waals surface area contributed by atoms with Crippen LogP contribution in [0.5, 0.6) is 5.75 Å². The summed E-state index contributed by atoms with van der Waals surface area (Å²) in [7, 11) is 0. The molecular weight excluding hydrogens is 366 g/mol. The summed E-state index contributed by atoms with van der Waals surface area (Å²) in [4.78, 5) is 26.5. The summed E-state index contributed by atoms with van der Waals surface area (Å²) >= 11 is 0. The van der Waals surface area contributed by atoms with E-state index in [2.05, 4.69) is 17.1 Å². The number of anilines is 1. The van der Waals surface area contributed by atoms with Gasteiger partial charge in [-0.25, -0.2) is 5.43 Å². The van der Waals surface area contributed by atoms with E-state index in [1.54, 1.807) is 12.1 Å². The van der Waals surface area contributed by atoms with Crippen LogP contribution in [0.1, 0.15) is 15.9 Å². The molecule has 0 radical (unpaired) electrons. The lowest BCUT2D eigenvalue weighted by molar-refractivity contribution is -0.119. The molecule has 144 valence electrons. The van der Waals surface area contributed by atoms with Crippen LogP contribution in [0.25, 0.3) is 10.8 Å². The maximum Gasteiger partial charge on any atom is 0.260 e. The van der Waals surface area contributed by atoms with Gasteiger partial charge in [-0.05, 0) is 47.3 Å². The predicted molar refractivity (Wildman–Crippen MR) is 113 cm³/mol. The van der Waals surface area contributed by atoms with E-state index in [9.17, 15) is 9.59 Å². The van der Waals surface area contributed by atoms with Gasteiger partial charge in [0.2, 0.25) is 0 Å². The molecule has 6 heteroatoms. The molecule has 1 aliphatic heterocycles. The predicted octanol–water partition coefficient (Wildman–Crippen LogP) is 3.52. The van der Waals surface area contributed by atoms with Crippen molar-refractivity contribution in [3.63, 3.8) is 0 Å². The number of ether oxygens (including phenoxy) is 1. The summed E-state index contributed by atoms with van der Waals surface area (Å²) in [5, 5.41) is 5.84. The van der Waals surface area contributed by atoms with Crippen molar-refractivity contribution in [2.75, 3.05) is 18.1 Å². The topological polar surface area (TPSA) is 71.0 Å². The maximum absolute atomic E-state index is 12.7. The van der Waals surface area contributed by atoms with E-state index >= 15 is 0 Å². The minimum absolute atomic E-state index is 0.0989. The molecule has 1 N–H and O–H groups in total. The first-order valence-corrected chi connectivity index (χ1v) is 9.16. The van der Waals surface area contributed by atoms with Gasteiger partial charge in [-0.1, -0.05) is 36.9 Å². The van der Waals surface area contributed by atoms with Crippen molar-refractivity contribution in [1.29, 1.82) is 0 Å². The number of amides is 2. The molecule has 0 saturated carbocycles. The highest BCUT2D eigenvalue weighted by Crippen LogP contribution is 2.36. The minimum Gasteiger partial charge on any atom is -0.490 e. The summed E-state index contributed by atoms with van der Waals surface area (Å²) in [5.74, 6) is 0.184. The monoisotopic (exact) mass is 385 g/mol. The fourth-order valence-corrected chi connectivity index (χ4v) is 3.30. The fraction of sp³-hybridized carbons (Fsp3) is 0.0870. The quantitative estimate of drug-likeness (QED) is 0.384. The molecule has 0 aliphatic carbocycles. The fourth-order valence-electron chi connectivity index (χ4n) is 3.30. The molecule has 1 heterocycles. The average Bonchev–Trinajstić information content (AvgIpc) is 3.01. The zero-order chi connectivity index (χ0) is 20.2. The van der Waals surface area contributed by atoms with Gasteiger partial charge in [-0.3, -0.25) is 14.5 Å². The Labute approximate surface area is 168 Å². The van der Waals surface area contributed by atoms with E-state index in [4.69, 9.17) is 4.74 Å². The molecule has 0 atom stereocenters. The van der Waals surface area contributed by atoms with Crippen molar-refractivity contribution >= 4 is 34.5 Å². The molecule has 4 rings (SSSR count). The van der Waals surface area contributed by atoms with Gasteiger partial charge in [0.05, 0.1) is 11.9 Å². The minimum atomic E-state index is -0.370. The molecule has 29 heavy (non-hydrogen) atoms. The van der Waals surface area contributed by atoms with Crippen LogP contribution in [0, 0.1) is 0 Å². The number of carbonyl (C=O) groups is 2. The summed E-state index contributed by atoms with van der Waals surface area (Å²) < 4.78 is 5.42. The van der Waals surface area contributed by atoms with Gasteiger partial charge in [0.25, 0.3) is 11.8 Å². The molecule has 0 aromatic heterocycles. The van der Waals surface area contributed by atoms with Gasteiger partial charge in [-0.2, -0.15) is 5.10 Å². The molecule has 0 bridgehead atoms. The van der Waals surface area contributed by atoms with Crippen molar-refractivity contribution in [2.45, 2.75) is 0 Å². The Kier molecular flexibility index (Phi) is 5.07. The van der Waals surface area contributed by atoms with E-state index in [1.165, 1.54) is 11.1 Å². The summed E-state index contributed by atoms with van der Waals surface area (Å²) in [5.41, 5.74) is 4.66. The lowest BCUT2D eigenvalue weighted by Gasteiger charge is -2.16. The third-order valence-electron chi connectivity index (χ3n) is 4.60. The molecule has 3 aromatic carbocycles. The van der Waals surface area contributed by atoms with E-state index < -0.39 is 0 Å². The van der Waals surface area contributed by atoms with Gasteiger partial charge < -0.3 is 4.74 Å². The number of hydrogen-bond acceptors (Lipinski definition) is 4. The molecule has 1 aliphatic rings. The second-order valence-electron chi connectivity index (χ2n) is 6.53. The van der Waals surface area contributed by atoms with Crippen LogP contribution in [0.2, 0.25) is 0 Å². The number of hydrogen-bond donors (Lipinski definition) is 1. The average molecular weight is 385 g/mol. The van der Waals surface area contributed by atoms with Crippen LogP contribution in [-0.4, -0.2) is 31.2 Å². The van der Waals surface area contributed by atoms with Crippen LogP contribution in [-0.2, 0) is 4.79 Å². The Morgan fingerprint density at radius 3 is 2.62 bits per heavy atom. The Morgan fingerprint density at radius 2 is 1.86 bits per heavy atom.